The van der Waals surface area contributed by atoms with Crippen LogP contribution in [0.5, 0.6) is 0 Å². The first-order valence-electron chi connectivity index (χ1n) is 12.8. The van der Waals surface area contributed by atoms with E-state index in [2.05, 4.69) is 5.32 Å². The van der Waals surface area contributed by atoms with Crippen molar-refractivity contribution in [2.45, 2.75) is 49.8 Å². The molecule has 0 unspecified atom stereocenters. The molecular weight excluding hydrogens is 450 g/mol. The molecule has 1 saturated carbocycles. The topological polar surface area (TPSA) is 79.0 Å². The zero-order valence-corrected chi connectivity index (χ0v) is 20.8. The summed E-state index contributed by atoms with van der Waals surface area (Å²) in [6, 6.07) is 7.54. The van der Waals surface area contributed by atoms with Crippen molar-refractivity contribution in [3.8, 4) is 0 Å². The van der Waals surface area contributed by atoms with Crippen molar-refractivity contribution in [1.29, 1.82) is 0 Å². The lowest BCUT2D eigenvalue weighted by Gasteiger charge is -2.35. The van der Waals surface area contributed by atoms with Crippen molar-refractivity contribution in [3.63, 3.8) is 0 Å². The third-order valence-electron chi connectivity index (χ3n) is 7.24. The van der Waals surface area contributed by atoms with E-state index in [1.54, 1.807) is 0 Å². The predicted molar refractivity (Wildman–Crippen MR) is 133 cm³/mol. The molecule has 1 aliphatic carbocycles. The number of benzene rings is 1. The second kappa shape index (κ2) is 12.6. The van der Waals surface area contributed by atoms with E-state index in [0.29, 0.717) is 69.5 Å². The van der Waals surface area contributed by atoms with Crippen LogP contribution in [0.15, 0.2) is 29.2 Å². The molecule has 0 radical (unpaired) electrons. The van der Waals surface area contributed by atoms with E-state index in [0.717, 1.165) is 11.4 Å². The number of morpholine rings is 1. The molecule has 3 aliphatic rings. The van der Waals surface area contributed by atoms with Gasteiger partial charge in [-0.15, -0.1) is 11.8 Å². The van der Waals surface area contributed by atoms with Gasteiger partial charge in [0.1, 0.15) is 0 Å². The van der Waals surface area contributed by atoms with Crippen LogP contribution >= 0.6 is 11.8 Å². The van der Waals surface area contributed by atoms with Crippen LogP contribution in [0, 0.1) is 11.8 Å². The van der Waals surface area contributed by atoms with Gasteiger partial charge in [-0.2, -0.15) is 0 Å². The minimum Gasteiger partial charge on any atom is -0.378 e. The fraction of sp³-hybridized carbons (Fsp3) is 0.654. The van der Waals surface area contributed by atoms with Crippen LogP contribution in [0.4, 0.5) is 0 Å². The van der Waals surface area contributed by atoms with E-state index in [4.69, 9.17) is 4.74 Å². The lowest BCUT2D eigenvalue weighted by atomic mass is 9.89. The van der Waals surface area contributed by atoms with E-state index in [9.17, 15) is 14.4 Å². The lowest BCUT2D eigenvalue weighted by Crippen LogP contribution is -2.47. The molecule has 3 amide bonds. The minimum atomic E-state index is -0.0142. The second-order valence-electron chi connectivity index (χ2n) is 9.60. The molecule has 0 atom stereocenters. The number of piperidine rings is 1. The van der Waals surface area contributed by atoms with E-state index in [1.165, 1.54) is 43.9 Å². The highest BCUT2D eigenvalue weighted by atomic mass is 32.2. The van der Waals surface area contributed by atoms with Crippen LogP contribution in [0.3, 0.4) is 0 Å². The molecule has 3 fully saturated rings. The van der Waals surface area contributed by atoms with Gasteiger partial charge in [0, 0.05) is 43.5 Å². The van der Waals surface area contributed by atoms with Gasteiger partial charge in [0.15, 0.2) is 0 Å². The minimum absolute atomic E-state index is 0.0111. The average molecular weight is 488 g/mol. The number of hydrogen-bond donors (Lipinski definition) is 1. The largest absolute Gasteiger partial charge is 0.378 e. The third kappa shape index (κ3) is 6.75. The number of ether oxygens (including phenoxy) is 1. The number of carbonyl (C=O) groups excluding carboxylic acids is 3. The van der Waals surface area contributed by atoms with Crippen LogP contribution < -0.4 is 5.32 Å². The first-order chi connectivity index (χ1) is 16.6. The van der Waals surface area contributed by atoms with Crippen LogP contribution in [0.2, 0.25) is 0 Å². The number of nitrogens with one attached hydrogen (secondary N) is 1. The molecule has 1 N–H and O–H groups in total. The van der Waals surface area contributed by atoms with Crippen molar-refractivity contribution in [1.82, 2.24) is 15.1 Å². The predicted octanol–water partition coefficient (Wildman–Crippen LogP) is 3.19. The highest BCUT2D eigenvalue weighted by Crippen LogP contribution is 2.27. The number of rotatable bonds is 7. The molecule has 2 aliphatic heterocycles. The average Bonchev–Trinajstić information content (AvgIpc) is 2.91. The van der Waals surface area contributed by atoms with Gasteiger partial charge >= 0.3 is 0 Å². The summed E-state index contributed by atoms with van der Waals surface area (Å²) >= 11 is 1.43. The smallest absolute Gasteiger partial charge is 0.254 e. The van der Waals surface area contributed by atoms with Gasteiger partial charge in [0.05, 0.1) is 24.5 Å². The monoisotopic (exact) mass is 487 g/mol. The molecule has 1 aromatic carbocycles. The normalized spacial score (nSPS) is 20.2. The standard InChI is InChI=1S/C26H37N3O4S/c30-24(27-18-20-6-2-1-3-7-20)19-34-23-9-5-4-8-22(23)26(32)28-12-10-21(11-13-28)25(31)29-14-16-33-17-15-29/h4-5,8-9,20-21H,1-3,6-7,10-19H2,(H,27,30). The van der Waals surface area contributed by atoms with Crippen molar-refractivity contribution >= 4 is 29.5 Å². The zero-order chi connectivity index (χ0) is 23.8. The Morgan fingerprint density at radius 1 is 0.912 bits per heavy atom. The van der Waals surface area contributed by atoms with Crippen molar-refractivity contribution in [3.05, 3.63) is 29.8 Å². The van der Waals surface area contributed by atoms with Gasteiger partial charge in [-0.3, -0.25) is 14.4 Å². The molecule has 8 heteroatoms. The maximum atomic E-state index is 13.3. The molecular formula is C26H37N3O4S. The summed E-state index contributed by atoms with van der Waals surface area (Å²) in [5.41, 5.74) is 0.644. The fourth-order valence-corrected chi connectivity index (χ4v) is 6.03. The molecule has 4 rings (SSSR count). The Labute approximate surface area is 207 Å². The van der Waals surface area contributed by atoms with Crippen molar-refractivity contribution in [2.75, 3.05) is 51.7 Å². The fourth-order valence-electron chi connectivity index (χ4n) is 5.15. The summed E-state index contributed by atoms with van der Waals surface area (Å²) < 4.78 is 5.35. The molecule has 2 heterocycles. The maximum absolute atomic E-state index is 13.3. The van der Waals surface area contributed by atoms with E-state index in [1.807, 2.05) is 34.1 Å². The quantitative estimate of drug-likeness (QED) is 0.598. The Kier molecular flexibility index (Phi) is 9.27. The van der Waals surface area contributed by atoms with Gasteiger partial charge in [-0.25, -0.2) is 0 Å². The molecule has 0 aromatic heterocycles. The van der Waals surface area contributed by atoms with Crippen LogP contribution in [0.25, 0.3) is 0 Å². The number of thioether (sulfide) groups is 1. The highest BCUT2D eigenvalue weighted by Gasteiger charge is 2.31. The Morgan fingerprint density at radius 2 is 1.62 bits per heavy atom. The van der Waals surface area contributed by atoms with Crippen LogP contribution in [-0.2, 0) is 14.3 Å². The van der Waals surface area contributed by atoms with Crippen molar-refractivity contribution in [2.24, 2.45) is 11.8 Å². The summed E-state index contributed by atoms with van der Waals surface area (Å²) in [5, 5.41) is 3.08. The van der Waals surface area contributed by atoms with Gasteiger partial charge < -0.3 is 19.9 Å². The highest BCUT2D eigenvalue weighted by molar-refractivity contribution is 8.00. The van der Waals surface area contributed by atoms with E-state index < -0.39 is 0 Å². The number of amides is 3. The summed E-state index contributed by atoms with van der Waals surface area (Å²) in [5.74, 6) is 1.12. The Bertz CT molecular complexity index is 844. The summed E-state index contributed by atoms with van der Waals surface area (Å²) in [4.78, 5) is 43.1. The number of nitrogens with zero attached hydrogens (tertiary/aromatic N) is 2. The van der Waals surface area contributed by atoms with E-state index >= 15 is 0 Å². The molecule has 2 saturated heterocycles. The Balaban J connectivity index is 1.26. The summed E-state index contributed by atoms with van der Waals surface area (Å²) in [6.07, 6.45) is 7.65. The summed E-state index contributed by atoms with van der Waals surface area (Å²) in [7, 11) is 0. The Hall–Kier alpha value is -2.06. The Morgan fingerprint density at radius 3 is 2.35 bits per heavy atom. The molecule has 34 heavy (non-hydrogen) atoms. The number of carbonyl (C=O) groups is 3. The van der Waals surface area contributed by atoms with Gasteiger partial charge in [0.25, 0.3) is 5.91 Å². The molecule has 0 bridgehead atoms. The lowest BCUT2D eigenvalue weighted by molar-refractivity contribution is -0.141. The summed E-state index contributed by atoms with van der Waals surface area (Å²) in [6.45, 7) is 4.47. The number of likely N-dealkylation sites (tertiary alicyclic amines) is 1. The van der Waals surface area contributed by atoms with Crippen LogP contribution in [-0.4, -0.2) is 79.2 Å². The zero-order valence-electron chi connectivity index (χ0n) is 20.0. The molecule has 7 nitrogen and oxygen atoms in total. The first-order valence-corrected chi connectivity index (χ1v) is 13.7. The van der Waals surface area contributed by atoms with Crippen molar-refractivity contribution < 1.29 is 19.1 Å². The van der Waals surface area contributed by atoms with E-state index in [-0.39, 0.29) is 23.6 Å². The number of hydrogen-bond acceptors (Lipinski definition) is 5. The maximum Gasteiger partial charge on any atom is 0.254 e. The molecule has 0 spiro atoms. The third-order valence-corrected chi connectivity index (χ3v) is 8.32. The first kappa shape index (κ1) is 25.0. The second-order valence-corrected chi connectivity index (χ2v) is 10.6. The van der Waals surface area contributed by atoms with Gasteiger partial charge in [-0.1, -0.05) is 31.4 Å². The van der Waals surface area contributed by atoms with Gasteiger partial charge in [-0.05, 0) is 43.7 Å². The molecule has 186 valence electrons. The molecule has 1 aromatic rings. The van der Waals surface area contributed by atoms with Gasteiger partial charge in [0.2, 0.25) is 11.8 Å². The SMILES string of the molecule is O=C(CSc1ccccc1C(=O)N1CCC(C(=O)N2CCOCC2)CC1)NCC1CCCCC1. The van der Waals surface area contributed by atoms with Crippen LogP contribution in [0.1, 0.15) is 55.3 Å².